The normalized spacial score (nSPS) is 12.3. The second-order valence-electron chi connectivity index (χ2n) is 3.75. The van der Waals surface area contributed by atoms with E-state index in [2.05, 4.69) is 25.5 Å². The highest BCUT2D eigenvalue weighted by molar-refractivity contribution is 5.29. The topological polar surface area (TPSA) is 75.7 Å². The van der Waals surface area contributed by atoms with Gasteiger partial charge in [0.2, 0.25) is 0 Å². The maximum atomic E-state index is 5.46. The minimum Gasteiger partial charge on any atom is -0.492 e. The Balaban J connectivity index is 2.27. The maximum absolute atomic E-state index is 5.46. The van der Waals surface area contributed by atoms with Crippen molar-refractivity contribution in [3.63, 3.8) is 0 Å². The lowest BCUT2D eigenvalue weighted by Gasteiger charge is -2.16. The molecule has 0 bridgehead atoms. The number of pyridine rings is 1. The molecule has 2 aromatic heterocycles. The Bertz CT molecular complexity index is 471. The van der Waals surface area contributed by atoms with Crippen LogP contribution in [0.15, 0.2) is 24.8 Å². The summed E-state index contributed by atoms with van der Waals surface area (Å²) in [4.78, 5) is 8.38. The number of rotatable bonds is 6. The fourth-order valence-electron chi connectivity index (χ4n) is 1.77. The minimum absolute atomic E-state index is 0.0505. The second-order valence-corrected chi connectivity index (χ2v) is 3.75. The lowest BCUT2D eigenvalue weighted by atomic mass is 10.1. The number of H-pyrrole nitrogens is 1. The molecule has 2 N–H and O–H groups in total. The average Bonchev–Trinajstić information content (AvgIpc) is 2.90. The van der Waals surface area contributed by atoms with Gasteiger partial charge in [0.1, 0.15) is 17.9 Å². The van der Waals surface area contributed by atoms with Crippen molar-refractivity contribution in [2.45, 2.75) is 19.9 Å². The number of aromatic nitrogens is 4. The van der Waals surface area contributed by atoms with Crippen molar-refractivity contribution in [2.24, 2.45) is 0 Å². The molecule has 96 valence electrons. The molecule has 6 heteroatoms. The van der Waals surface area contributed by atoms with Gasteiger partial charge in [-0.3, -0.25) is 10.1 Å². The standard InChI is InChI=1S/C12H17N5O/c1-3-14-11(12-15-8-16-17-12)9-5-10(18-4-2)7-13-6-9/h5-8,11,14H,3-4H2,1-2H3,(H,15,16,17). The summed E-state index contributed by atoms with van der Waals surface area (Å²) in [6, 6.07) is 1.91. The van der Waals surface area contributed by atoms with Gasteiger partial charge in [-0.05, 0) is 25.1 Å². The predicted octanol–water partition coefficient (Wildman–Crippen LogP) is 1.30. The summed E-state index contributed by atoms with van der Waals surface area (Å²) in [7, 11) is 0. The predicted molar refractivity (Wildman–Crippen MR) is 67.3 cm³/mol. The summed E-state index contributed by atoms with van der Waals surface area (Å²) in [5.41, 5.74) is 1.000. The fraction of sp³-hybridized carbons (Fsp3) is 0.417. The molecule has 0 amide bonds. The van der Waals surface area contributed by atoms with Crippen LogP contribution in [0.4, 0.5) is 0 Å². The molecular weight excluding hydrogens is 230 g/mol. The Morgan fingerprint density at radius 2 is 2.28 bits per heavy atom. The number of nitrogens with one attached hydrogen (secondary N) is 2. The van der Waals surface area contributed by atoms with Crippen molar-refractivity contribution >= 4 is 0 Å². The molecule has 1 unspecified atom stereocenters. The lowest BCUT2D eigenvalue weighted by Crippen LogP contribution is -2.23. The van der Waals surface area contributed by atoms with E-state index >= 15 is 0 Å². The molecule has 0 aliphatic heterocycles. The Hall–Kier alpha value is -1.95. The quantitative estimate of drug-likeness (QED) is 0.804. The van der Waals surface area contributed by atoms with E-state index in [1.807, 2.05) is 19.9 Å². The highest BCUT2D eigenvalue weighted by Crippen LogP contribution is 2.21. The van der Waals surface area contributed by atoms with Crippen molar-refractivity contribution in [1.29, 1.82) is 0 Å². The van der Waals surface area contributed by atoms with Crippen LogP contribution in [0.5, 0.6) is 5.75 Å². The molecule has 0 saturated heterocycles. The monoisotopic (exact) mass is 247 g/mol. The number of hydrogen-bond donors (Lipinski definition) is 2. The molecule has 0 spiro atoms. The third kappa shape index (κ3) is 2.84. The van der Waals surface area contributed by atoms with Gasteiger partial charge in [0.25, 0.3) is 0 Å². The summed E-state index contributed by atoms with van der Waals surface area (Å²) in [5.74, 6) is 1.53. The van der Waals surface area contributed by atoms with Crippen LogP contribution in [0.3, 0.4) is 0 Å². The Morgan fingerprint density at radius 3 is 2.94 bits per heavy atom. The third-order valence-corrected chi connectivity index (χ3v) is 2.49. The molecular formula is C12H17N5O. The Labute approximate surface area is 106 Å². The summed E-state index contributed by atoms with van der Waals surface area (Å²) in [5, 5.41) is 10.1. The van der Waals surface area contributed by atoms with E-state index in [0.29, 0.717) is 6.61 Å². The van der Waals surface area contributed by atoms with Gasteiger partial charge in [-0.15, -0.1) is 0 Å². The van der Waals surface area contributed by atoms with Gasteiger partial charge in [0, 0.05) is 6.20 Å². The van der Waals surface area contributed by atoms with Crippen molar-refractivity contribution in [1.82, 2.24) is 25.5 Å². The molecule has 0 radical (unpaired) electrons. The molecule has 6 nitrogen and oxygen atoms in total. The van der Waals surface area contributed by atoms with Crippen molar-refractivity contribution in [2.75, 3.05) is 13.2 Å². The average molecular weight is 247 g/mol. The van der Waals surface area contributed by atoms with Crippen molar-refractivity contribution in [3.8, 4) is 5.75 Å². The zero-order valence-electron chi connectivity index (χ0n) is 10.6. The first-order valence-corrected chi connectivity index (χ1v) is 6.01. The molecule has 0 aromatic carbocycles. The van der Waals surface area contributed by atoms with Gasteiger partial charge in [-0.25, -0.2) is 4.98 Å². The molecule has 0 saturated carbocycles. The third-order valence-electron chi connectivity index (χ3n) is 2.49. The molecule has 2 heterocycles. The Kier molecular flexibility index (Phi) is 4.25. The van der Waals surface area contributed by atoms with Gasteiger partial charge in [0.15, 0.2) is 0 Å². The molecule has 0 aliphatic rings. The highest BCUT2D eigenvalue weighted by Gasteiger charge is 2.16. The highest BCUT2D eigenvalue weighted by atomic mass is 16.5. The van der Waals surface area contributed by atoms with E-state index in [0.717, 1.165) is 23.7 Å². The SMILES string of the molecule is CCNC(c1cncc(OCC)c1)c1ncn[nH]1. The lowest BCUT2D eigenvalue weighted by molar-refractivity contribution is 0.338. The van der Waals surface area contributed by atoms with Crippen LogP contribution >= 0.6 is 0 Å². The van der Waals surface area contributed by atoms with Gasteiger partial charge in [-0.2, -0.15) is 5.10 Å². The van der Waals surface area contributed by atoms with Crippen molar-refractivity contribution in [3.05, 3.63) is 36.2 Å². The zero-order chi connectivity index (χ0) is 12.8. The van der Waals surface area contributed by atoms with Crippen LogP contribution < -0.4 is 10.1 Å². The van der Waals surface area contributed by atoms with E-state index in [9.17, 15) is 0 Å². The largest absolute Gasteiger partial charge is 0.492 e. The first kappa shape index (κ1) is 12.5. The number of aromatic amines is 1. The van der Waals surface area contributed by atoms with Gasteiger partial charge in [-0.1, -0.05) is 6.92 Å². The fourth-order valence-corrected chi connectivity index (χ4v) is 1.77. The summed E-state index contributed by atoms with van der Waals surface area (Å²) in [6.45, 7) is 5.44. The smallest absolute Gasteiger partial charge is 0.146 e. The van der Waals surface area contributed by atoms with E-state index < -0.39 is 0 Å². The maximum Gasteiger partial charge on any atom is 0.146 e. The molecule has 2 aromatic rings. The summed E-state index contributed by atoms with van der Waals surface area (Å²) >= 11 is 0. The van der Waals surface area contributed by atoms with Crippen LogP contribution in [0, 0.1) is 0 Å². The van der Waals surface area contributed by atoms with Crippen LogP contribution in [0.2, 0.25) is 0 Å². The van der Waals surface area contributed by atoms with Gasteiger partial charge >= 0.3 is 0 Å². The van der Waals surface area contributed by atoms with E-state index in [1.54, 1.807) is 12.4 Å². The minimum atomic E-state index is -0.0505. The first-order valence-electron chi connectivity index (χ1n) is 6.01. The van der Waals surface area contributed by atoms with E-state index in [1.165, 1.54) is 6.33 Å². The molecule has 1 atom stereocenters. The molecule has 0 aliphatic carbocycles. The van der Waals surface area contributed by atoms with Crippen LogP contribution in [0.1, 0.15) is 31.3 Å². The zero-order valence-corrected chi connectivity index (χ0v) is 10.6. The van der Waals surface area contributed by atoms with Crippen molar-refractivity contribution < 1.29 is 4.74 Å². The molecule has 2 rings (SSSR count). The first-order chi connectivity index (χ1) is 8.85. The van der Waals surface area contributed by atoms with Gasteiger partial charge < -0.3 is 10.1 Å². The molecule has 18 heavy (non-hydrogen) atoms. The number of nitrogens with zero attached hydrogens (tertiary/aromatic N) is 3. The summed E-state index contributed by atoms with van der Waals surface area (Å²) < 4.78 is 5.46. The van der Waals surface area contributed by atoms with E-state index in [-0.39, 0.29) is 6.04 Å². The number of ether oxygens (including phenoxy) is 1. The number of hydrogen-bond acceptors (Lipinski definition) is 5. The van der Waals surface area contributed by atoms with Crippen LogP contribution in [-0.4, -0.2) is 33.3 Å². The Morgan fingerprint density at radius 1 is 1.39 bits per heavy atom. The molecule has 0 fully saturated rings. The van der Waals surface area contributed by atoms with Crippen LogP contribution in [0.25, 0.3) is 0 Å². The second kappa shape index (κ2) is 6.11. The van der Waals surface area contributed by atoms with Crippen LogP contribution in [-0.2, 0) is 0 Å². The van der Waals surface area contributed by atoms with Gasteiger partial charge in [0.05, 0.1) is 18.8 Å². The van der Waals surface area contributed by atoms with E-state index in [4.69, 9.17) is 4.74 Å². The summed E-state index contributed by atoms with van der Waals surface area (Å²) in [6.07, 6.45) is 5.01.